The van der Waals surface area contributed by atoms with Crippen molar-refractivity contribution >= 4 is 5.91 Å². The first kappa shape index (κ1) is 13.6. The maximum atomic E-state index is 13.4. The van der Waals surface area contributed by atoms with Crippen molar-refractivity contribution in [1.82, 2.24) is 5.32 Å². The highest BCUT2D eigenvalue weighted by Crippen LogP contribution is 2.17. The summed E-state index contributed by atoms with van der Waals surface area (Å²) >= 11 is 0. The number of halogens is 2. The van der Waals surface area contributed by atoms with Crippen LogP contribution in [0.3, 0.4) is 0 Å². The minimum atomic E-state index is -0.678. The molecule has 1 rings (SSSR count). The molecule has 0 heterocycles. The highest BCUT2D eigenvalue weighted by Gasteiger charge is 2.17. The molecule has 17 heavy (non-hydrogen) atoms. The average molecular weight is 242 g/mol. The molecule has 0 aliphatic rings. The summed E-state index contributed by atoms with van der Waals surface area (Å²) in [4.78, 5) is 11.5. The molecule has 1 aromatic rings. The Balaban J connectivity index is 2.76. The predicted molar refractivity (Wildman–Crippen MR) is 61.2 cm³/mol. The monoisotopic (exact) mass is 242 g/mol. The summed E-state index contributed by atoms with van der Waals surface area (Å²) in [6.45, 7) is 3.41. The first-order chi connectivity index (χ1) is 7.95. The Bertz CT molecular complexity index is 409. The molecule has 1 amide bonds. The van der Waals surface area contributed by atoms with Gasteiger partial charge >= 0.3 is 0 Å². The van der Waals surface area contributed by atoms with Crippen LogP contribution in [0.25, 0.3) is 0 Å². The topological polar surface area (TPSA) is 55.1 Å². The summed E-state index contributed by atoms with van der Waals surface area (Å²) < 4.78 is 26.1. The molecule has 2 atom stereocenters. The molecule has 0 spiro atoms. The summed E-state index contributed by atoms with van der Waals surface area (Å²) in [6.07, 6.45) is 0.504. The Morgan fingerprint density at radius 2 is 2.12 bits per heavy atom. The molecule has 0 fully saturated rings. The van der Waals surface area contributed by atoms with Crippen LogP contribution in [0.2, 0.25) is 0 Å². The van der Waals surface area contributed by atoms with Gasteiger partial charge in [-0.25, -0.2) is 8.78 Å². The third-order valence-electron chi connectivity index (χ3n) is 2.56. The van der Waals surface area contributed by atoms with Gasteiger partial charge < -0.3 is 11.1 Å². The van der Waals surface area contributed by atoms with Crippen LogP contribution in [0.15, 0.2) is 18.2 Å². The van der Waals surface area contributed by atoms with Crippen LogP contribution in [0.1, 0.15) is 31.9 Å². The molecule has 94 valence electrons. The second kappa shape index (κ2) is 5.72. The number of carbonyl (C=O) groups is 1. The molecule has 0 radical (unpaired) electrons. The van der Waals surface area contributed by atoms with Crippen molar-refractivity contribution in [3.05, 3.63) is 35.4 Å². The SMILES string of the molecule is CC[C@H](N)C(=O)N[C@@H](C)c1ccc(F)cc1F. The van der Waals surface area contributed by atoms with Gasteiger partial charge in [0.15, 0.2) is 0 Å². The van der Waals surface area contributed by atoms with Crippen LogP contribution in [-0.2, 0) is 4.79 Å². The van der Waals surface area contributed by atoms with Crippen LogP contribution < -0.4 is 11.1 Å². The predicted octanol–water partition coefficient (Wildman–Crippen LogP) is 1.88. The number of rotatable bonds is 4. The summed E-state index contributed by atoms with van der Waals surface area (Å²) in [5.41, 5.74) is 5.78. The van der Waals surface area contributed by atoms with Gasteiger partial charge in [0.05, 0.1) is 12.1 Å². The van der Waals surface area contributed by atoms with Crippen LogP contribution in [0.4, 0.5) is 8.78 Å². The largest absolute Gasteiger partial charge is 0.348 e. The van der Waals surface area contributed by atoms with Gasteiger partial charge in [0.25, 0.3) is 0 Å². The van der Waals surface area contributed by atoms with Crippen LogP contribution >= 0.6 is 0 Å². The van der Waals surface area contributed by atoms with E-state index in [9.17, 15) is 13.6 Å². The molecule has 0 bridgehead atoms. The summed E-state index contributed by atoms with van der Waals surface area (Å²) in [6, 6.07) is 2.10. The van der Waals surface area contributed by atoms with Gasteiger partial charge in [0, 0.05) is 11.6 Å². The van der Waals surface area contributed by atoms with Gasteiger partial charge in [-0.2, -0.15) is 0 Å². The standard InChI is InChI=1S/C12H16F2N2O/c1-3-11(15)12(17)16-7(2)9-5-4-8(13)6-10(9)14/h4-7,11H,3,15H2,1-2H3,(H,16,17)/t7-,11-/m0/s1. The van der Waals surface area contributed by atoms with E-state index in [1.807, 2.05) is 0 Å². The number of nitrogens with one attached hydrogen (secondary N) is 1. The second-order valence-electron chi connectivity index (χ2n) is 3.91. The van der Waals surface area contributed by atoms with Crippen LogP contribution in [0.5, 0.6) is 0 Å². The smallest absolute Gasteiger partial charge is 0.237 e. The van der Waals surface area contributed by atoms with Crippen molar-refractivity contribution in [2.24, 2.45) is 5.73 Å². The zero-order valence-electron chi connectivity index (χ0n) is 9.84. The van der Waals surface area contributed by atoms with Crippen LogP contribution in [0, 0.1) is 11.6 Å². The Labute approximate surface area is 99.0 Å². The summed E-state index contributed by atoms with van der Waals surface area (Å²) in [5, 5.41) is 2.58. The van der Waals surface area contributed by atoms with Gasteiger partial charge in [-0.1, -0.05) is 13.0 Å². The van der Waals surface area contributed by atoms with Crippen molar-refractivity contribution in [3.63, 3.8) is 0 Å². The van der Waals surface area contributed by atoms with E-state index in [0.717, 1.165) is 12.1 Å². The third-order valence-corrected chi connectivity index (χ3v) is 2.56. The van der Waals surface area contributed by atoms with E-state index in [1.54, 1.807) is 13.8 Å². The molecule has 0 aromatic heterocycles. The minimum absolute atomic E-state index is 0.239. The molecular weight excluding hydrogens is 226 g/mol. The fourth-order valence-corrected chi connectivity index (χ4v) is 1.44. The second-order valence-corrected chi connectivity index (χ2v) is 3.91. The number of nitrogens with two attached hydrogens (primary N) is 1. The van der Waals surface area contributed by atoms with Crippen LogP contribution in [-0.4, -0.2) is 11.9 Å². The van der Waals surface area contributed by atoms with E-state index in [-0.39, 0.29) is 11.5 Å². The third kappa shape index (κ3) is 3.49. The number of carbonyl (C=O) groups excluding carboxylic acids is 1. The normalized spacial score (nSPS) is 14.2. The molecule has 3 nitrogen and oxygen atoms in total. The average Bonchev–Trinajstić information content (AvgIpc) is 2.27. The summed E-state index contributed by atoms with van der Waals surface area (Å²) in [5.74, 6) is -1.67. The molecule has 0 saturated carbocycles. The number of hydrogen-bond acceptors (Lipinski definition) is 2. The lowest BCUT2D eigenvalue weighted by molar-refractivity contribution is -0.123. The Morgan fingerprint density at radius 3 is 2.65 bits per heavy atom. The van der Waals surface area contributed by atoms with E-state index < -0.39 is 23.7 Å². The van der Waals surface area contributed by atoms with Gasteiger partial charge in [-0.05, 0) is 19.4 Å². The molecule has 0 saturated heterocycles. The molecular formula is C12H16F2N2O. The molecule has 0 aliphatic heterocycles. The van der Waals surface area contributed by atoms with Crippen molar-refractivity contribution in [3.8, 4) is 0 Å². The van der Waals surface area contributed by atoms with Gasteiger partial charge in [-0.15, -0.1) is 0 Å². The fourth-order valence-electron chi connectivity index (χ4n) is 1.44. The van der Waals surface area contributed by atoms with Gasteiger partial charge in [-0.3, -0.25) is 4.79 Å². The molecule has 1 aromatic carbocycles. The van der Waals surface area contributed by atoms with E-state index >= 15 is 0 Å². The first-order valence-corrected chi connectivity index (χ1v) is 5.46. The fraction of sp³-hybridized carbons (Fsp3) is 0.417. The number of benzene rings is 1. The summed E-state index contributed by atoms with van der Waals surface area (Å²) in [7, 11) is 0. The quantitative estimate of drug-likeness (QED) is 0.847. The van der Waals surface area contributed by atoms with Gasteiger partial charge in [0.2, 0.25) is 5.91 Å². The lowest BCUT2D eigenvalue weighted by atomic mass is 10.1. The first-order valence-electron chi connectivity index (χ1n) is 5.46. The highest BCUT2D eigenvalue weighted by molar-refractivity contribution is 5.81. The maximum Gasteiger partial charge on any atom is 0.237 e. The zero-order chi connectivity index (χ0) is 13.0. The van der Waals surface area contributed by atoms with E-state index in [0.29, 0.717) is 6.42 Å². The molecule has 0 unspecified atom stereocenters. The minimum Gasteiger partial charge on any atom is -0.348 e. The molecule has 3 N–H and O–H groups in total. The van der Waals surface area contributed by atoms with Crippen molar-refractivity contribution in [2.45, 2.75) is 32.4 Å². The lowest BCUT2D eigenvalue weighted by Crippen LogP contribution is -2.41. The Hall–Kier alpha value is -1.49. The Kier molecular flexibility index (Phi) is 4.57. The lowest BCUT2D eigenvalue weighted by Gasteiger charge is -2.17. The van der Waals surface area contributed by atoms with E-state index in [2.05, 4.69) is 5.32 Å². The number of hydrogen-bond donors (Lipinski definition) is 2. The maximum absolute atomic E-state index is 13.4. The van der Waals surface area contributed by atoms with Crippen molar-refractivity contribution in [1.29, 1.82) is 0 Å². The highest BCUT2D eigenvalue weighted by atomic mass is 19.1. The Morgan fingerprint density at radius 1 is 1.47 bits per heavy atom. The van der Waals surface area contributed by atoms with Crippen molar-refractivity contribution in [2.75, 3.05) is 0 Å². The van der Waals surface area contributed by atoms with Crippen molar-refractivity contribution < 1.29 is 13.6 Å². The van der Waals surface area contributed by atoms with E-state index in [1.165, 1.54) is 6.07 Å². The van der Waals surface area contributed by atoms with E-state index in [4.69, 9.17) is 5.73 Å². The molecule has 5 heteroatoms. The van der Waals surface area contributed by atoms with Gasteiger partial charge in [0.1, 0.15) is 11.6 Å². The molecule has 0 aliphatic carbocycles. The number of amides is 1. The zero-order valence-corrected chi connectivity index (χ0v) is 9.84.